The Morgan fingerprint density at radius 2 is 2.08 bits per heavy atom. The second kappa shape index (κ2) is 9.74. The monoisotopic (exact) mass is 518 g/mol. The van der Waals surface area contributed by atoms with Crippen LogP contribution in [-0.2, 0) is 25.2 Å². The summed E-state index contributed by atoms with van der Waals surface area (Å²) in [5, 5.41) is 11.5. The average molecular weight is 518 g/mol. The Hall–Kier alpha value is -3.71. The molecule has 3 aromatic rings. The van der Waals surface area contributed by atoms with Crippen LogP contribution in [0.25, 0.3) is 11.1 Å². The number of carbonyl (C=O) groups is 1. The maximum Gasteiger partial charge on any atom is 0.469 e. The fourth-order valence-corrected chi connectivity index (χ4v) is 4.21. The zero-order valence-corrected chi connectivity index (χ0v) is 19.4. The summed E-state index contributed by atoms with van der Waals surface area (Å²) in [6.07, 6.45) is 3.27. The fourth-order valence-electron chi connectivity index (χ4n) is 3.85. The van der Waals surface area contributed by atoms with E-state index in [-0.39, 0.29) is 19.6 Å². The molecule has 1 unspecified atom stereocenters. The van der Waals surface area contributed by atoms with E-state index >= 15 is 4.39 Å². The molecule has 13 nitrogen and oxygen atoms in total. The minimum absolute atomic E-state index is 0.248. The molecule has 1 amide bonds. The van der Waals surface area contributed by atoms with Crippen LogP contribution in [0, 0.1) is 5.82 Å². The van der Waals surface area contributed by atoms with Gasteiger partial charge in [0.05, 0.1) is 37.3 Å². The predicted molar refractivity (Wildman–Crippen MR) is 121 cm³/mol. The number of ether oxygens (including phenoxy) is 1. The number of amides is 1. The lowest BCUT2D eigenvalue weighted by atomic mass is 10.0. The maximum absolute atomic E-state index is 15.0. The number of benzene rings is 1. The van der Waals surface area contributed by atoms with Gasteiger partial charge in [0, 0.05) is 29.9 Å². The summed E-state index contributed by atoms with van der Waals surface area (Å²) >= 11 is 0. The van der Waals surface area contributed by atoms with Crippen molar-refractivity contribution in [1.82, 2.24) is 20.0 Å². The van der Waals surface area contributed by atoms with Crippen LogP contribution in [-0.4, -0.2) is 66.9 Å². The average Bonchev–Trinajstić information content (AvgIpc) is 3.59. The molecule has 1 fully saturated rings. The second-order valence-corrected chi connectivity index (χ2v) is 9.33. The molecular weight excluding hydrogens is 498 g/mol. The summed E-state index contributed by atoms with van der Waals surface area (Å²) in [5.74, 6) is -0.536. The van der Waals surface area contributed by atoms with Crippen LogP contribution in [0.4, 0.5) is 14.9 Å². The molecule has 0 spiro atoms. The highest BCUT2D eigenvalue weighted by molar-refractivity contribution is 7.46. The number of nitrogens with zero attached hydrogens (tertiary/aromatic N) is 6. The first-order valence-corrected chi connectivity index (χ1v) is 12.3. The van der Waals surface area contributed by atoms with E-state index in [0.717, 1.165) is 0 Å². The Balaban J connectivity index is 1.23. The van der Waals surface area contributed by atoms with Gasteiger partial charge in [-0.3, -0.25) is 14.4 Å². The van der Waals surface area contributed by atoms with E-state index in [2.05, 4.69) is 25.0 Å². The van der Waals surface area contributed by atoms with Gasteiger partial charge in [-0.05, 0) is 24.3 Å². The third-order valence-corrected chi connectivity index (χ3v) is 6.02. The fraction of sp³-hybridized carbons (Fsp3) is 0.286. The smallest absolute Gasteiger partial charge is 0.442 e. The molecule has 0 bridgehead atoms. The van der Waals surface area contributed by atoms with E-state index in [1.807, 2.05) is 0 Å². The van der Waals surface area contributed by atoms with Crippen LogP contribution >= 0.6 is 7.82 Å². The van der Waals surface area contributed by atoms with Crippen molar-refractivity contribution in [3.8, 4) is 11.1 Å². The molecule has 2 aliphatic heterocycles. The van der Waals surface area contributed by atoms with Crippen molar-refractivity contribution >= 4 is 25.3 Å². The van der Waals surface area contributed by atoms with Crippen LogP contribution in [0.5, 0.6) is 0 Å². The summed E-state index contributed by atoms with van der Waals surface area (Å²) in [6.45, 7) is 0.269. The van der Waals surface area contributed by atoms with E-state index in [9.17, 15) is 9.36 Å². The zero-order chi connectivity index (χ0) is 25.3. The minimum Gasteiger partial charge on any atom is -0.442 e. The lowest BCUT2D eigenvalue weighted by Crippen LogP contribution is -2.26. The van der Waals surface area contributed by atoms with E-state index in [1.165, 1.54) is 23.4 Å². The summed E-state index contributed by atoms with van der Waals surface area (Å²) in [6, 6.07) is 7.77. The molecule has 0 radical (unpaired) electrons. The van der Waals surface area contributed by atoms with Crippen molar-refractivity contribution in [1.29, 1.82) is 0 Å². The SMILES string of the molecule is O=C1O[C@@H](Cn2ccnn2)CN1c1ccc(-c2ccc(C3=NOC(COP(=O)(O)O)C3)nc2)c(F)c1. The molecular formula is C21H20FN6O7P. The van der Waals surface area contributed by atoms with Crippen LogP contribution in [0.1, 0.15) is 12.1 Å². The summed E-state index contributed by atoms with van der Waals surface area (Å²) in [5.41, 5.74) is 2.13. The van der Waals surface area contributed by atoms with Crippen molar-refractivity contribution in [2.24, 2.45) is 5.16 Å². The van der Waals surface area contributed by atoms with Gasteiger partial charge in [0.2, 0.25) is 0 Å². The first kappa shape index (κ1) is 24.0. The molecule has 2 aliphatic rings. The first-order chi connectivity index (χ1) is 17.2. The highest BCUT2D eigenvalue weighted by atomic mass is 31.2. The third kappa shape index (κ3) is 5.41. The van der Waals surface area contributed by atoms with Crippen molar-refractivity contribution in [2.75, 3.05) is 18.1 Å². The Morgan fingerprint density at radius 1 is 1.22 bits per heavy atom. The van der Waals surface area contributed by atoms with E-state index in [4.69, 9.17) is 19.4 Å². The number of aromatic nitrogens is 4. The predicted octanol–water partition coefficient (Wildman–Crippen LogP) is 2.11. The van der Waals surface area contributed by atoms with Gasteiger partial charge < -0.3 is 19.4 Å². The Kier molecular flexibility index (Phi) is 6.49. The molecule has 1 saturated heterocycles. The lowest BCUT2D eigenvalue weighted by molar-refractivity contribution is 0.0364. The second-order valence-electron chi connectivity index (χ2n) is 8.09. The number of phosphoric acid groups is 1. The number of rotatable bonds is 8. The number of oxime groups is 1. The molecule has 188 valence electrons. The first-order valence-electron chi connectivity index (χ1n) is 10.8. The quantitative estimate of drug-likeness (QED) is 0.423. The van der Waals surface area contributed by atoms with E-state index in [1.54, 1.807) is 35.1 Å². The number of phosphoric ester groups is 1. The molecule has 0 aliphatic carbocycles. The van der Waals surface area contributed by atoms with Crippen LogP contribution in [0.2, 0.25) is 0 Å². The third-order valence-electron chi connectivity index (χ3n) is 5.53. The number of halogens is 1. The number of anilines is 1. The van der Waals surface area contributed by atoms with Crippen molar-refractivity contribution in [3.05, 3.63) is 60.4 Å². The molecule has 2 aromatic heterocycles. The number of pyridine rings is 1. The van der Waals surface area contributed by atoms with Gasteiger partial charge in [-0.1, -0.05) is 16.4 Å². The number of carbonyl (C=O) groups excluding carboxylic acids is 1. The summed E-state index contributed by atoms with van der Waals surface area (Å²) in [4.78, 5) is 40.7. The number of cyclic esters (lactones) is 1. The molecule has 2 atom stereocenters. The molecule has 5 rings (SSSR count). The molecule has 36 heavy (non-hydrogen) atoms. The van der Waals surface area contributed by atoms with Gasteiger partial charge in [-0.2, -0.15) is 0 Å². The van der Waals surface area contributed by atoms with Gasteiger partial charge in [-0.15, -0.1) is 5.10 Å². The Labute approximate surface area is 203 Å². The van der Waals surface area contributed by atoms with Crippen LogP contribution in [0.3, 0.4) is 0 Å². The van der Waals surface area contributed by atoms with Gasteiger partial charge in [0.1, 0.15) is 17.6 Å². The summed E-state index contributed by atoms with van der Waals surface area (Å²) < 4.78 is 37.2. The highest BCUT2D eigenvalue weighted by Crippen LogP contribution is 2.36. The normalized spacial score (nSPS) is 19.8. The zero-order valence-electron chi connectivity index (χ0n) is 18.5. The van der Waals surface area contributed by atoms with E-state index in [0.29, 0.717) is 34.8 Å². The van der Waals surface area contributed by atoms with Gasteiger partial charge in [0.15, 0.2) is 6.10 Å². The van der Waals surface area contributed by atoms with Crippen molar-refractivity contribution in [2.45, 2.75) is 25.2 Å². The van der Waals surface area contributed by atoms with Gasteiger partial charge in [0.25, 0.3) is 0 Å². The number of hydrogen-bond acceptors (Lipinski definition) is 9. The molecule has 15 heteroatoms. The van der Waals surface area contributed by atoms with Gasteiger partial charge >= 0.3 is 13.9 Å². The van der Waals surface area contributed by atoms with Gasteiger partial charge in [-0.25, -0.2) is 18.4 Å². The standard InChI is InChI=1S/C21H20FN6O7P/c22-18-7-14(28-11-16(34-21(28)29)10-27-6-5-24-26-27)2-3-17(18)13-1-4-19(23-9-13)20-8-15(35-25-20)12-33-36(30,31)32/h1-7,9,15-16H,8,10-12H2,(H2,30,31,32)/t15?,16-/m0/s1. The maximum atomic E-state index is 15.0. The van der Waals surface area contributed by atoms with Crippen LogP contribution < -0.4 is 4.90 Å². The van der Waals surface area contributed by atoms with Crippen molar-refractivity contribution < 1.29 is 37.6 Å². The topological polar surface area (TPSA) is 161 Å². The summed E-state index contributed by atoms with van der Waals surface area (Å²) in [7, 11) is -4.60. The molecule has 1 aromatic carbocycles. The van der Waals surface area contributed by atoms with E-state index < -0.39 is 31.9 Å². The molecule has 0 saturated carbocycles. The highest BCUT2D eigenvalue weighted by Gasteiger charge is 2.33. The Morgan fingerprint density at radius 3 is 2.78 bits per heavy atom. The lowest BCUT2D eigenvalue weighted by Gasteiger charge is -2.14. The largest absolute Gasteiger partial charge is 0.469 e. The molecule has 2 N–H and O–H groups in total. The van der Waals surface area contributed by atoms with Crippen molar-refractivity contribution in [3.63, 3.8) is 0 Å². The Bertz CT molecular complexity index is 1330. The molecule has 4 heterocycles. The van der Waals surface area contributed by atoms with Crippen LogP contribution in [0.15, 0.2) is 54.1 Å². The minimum atomic E-state index is -4.60. The number of hydrogen-bond donors (Lipinski definition) is 2.